The lowest BCUT2D eigenvalue weighted by Crippen LogP contribution is -2.31. The number of rotatable bonds is 5. The monoisotopic (exact) mass is 2200 g/mol. The van der Waals surface area contributed by atoms with Crippen LogP contribution in [0.3, 0.4) is 0 Å². The van der Waals surface area contributed by atoms with E-state index in [0.29, 0.717) is 147 Å². The second kappa shape index (κ2) is 41.2. The third kappa shape index (κ3) is 21.1. The quantitative estimate of drug-likeness (QED) is 0.0361. The fourth-order valence-electron chi connectivity index (χ4n) is 14.5. The number of ether oxygens (including phenoxy) is 5. The highest BCUT2D eigenvalue weighted by Crippen LogP contribution is 2.49. The highest BCUT2D eigenvalue weighted by molar-refractivity contribution is 9.11. The number of benzene rings is 10. The van der Waals surface area contributed by atoms with Crippen LogP contribution in [0.5, 0.6) is 28.7 Å². The summed E-state index contributed by atoms with van der Waals surface area (Å²) in [6.07, 6.45) is -1.06. The van der Waals surface area contributed by atoms with Gasteiger partial charge in [-0.3, -0.25) is 14.2 Å². The fourth-order valence-corrected chi connectivity index (χ4v) is 17.0. The maximum Gasteiger partial charge on any atom is 0.404 e. The number of aromatic nitrogens is 14. The van der Waals surface area contributed by atoms with Gasteiger partial charge in [-0.05, 0) is 266 Å². The van der Waals surface area contributed by atoms with Crippen LogP contribution in [0.4, 0.5) is 106 Å². The first kappa shape index (κ1) is 97.8. The van der Waals surface area contributed by atoms with E-state index in [1.165, 1.54) is 73.1 Å². The van der Waals surface area contributed by atoms with Crippen LogP contribution in [0, 0.1) is 64.1 Å². The number of fused-ring (bicyclic) bond motifs is 14. The van der Waals surface area contributed by atoms with E-state index in [2.05, 4.69) is 153 Å². The molecule has 0 aliphatic carbocycles. The van der Waals surface area contributed by atoms with Gasteiger partial charge in [-0.15, -0.1) is 26.8 Å². The Morgan fingerprint density at radius 1 is 0.413 bits per heavy atom. The number of nitrogens with one attached hydrogen (secondary N) is 2. The average Bonchev–Trinajstić information content (AvgIpc) is 1.35. The Kier molecular flexibility index (Phi) is 29.2. The van der Waals surface area contributed by atoms with Gasteiger partial charge in [0.25, 0.3) is 11.6 Å². The maximum absolute atomic E-state index is 14.2. The van der Waals surface area contributed by atoms with Crippen LogP contribution in [0.15, 0.2) is 213 Å². The molecule has 0 bridgehead atoms. The number of anilines is 10. The second-order valence-corrected chi connectivity index (χ2v) is 35.7. The lowest BCUT2D eigenvalue weighted by molar-refractivity contribution is -0.190. The normalized spacial score (nSPS) is 13.6. The zero-order chi connectivity index (χ0) is 97.8. The number of alkyl halides is 6. The second-order valence-electron chi connectivity index (χ2n) is 31.2. The Balaban J connectivity index is 0.000000121. The summed E-state index contributed by atoms with van der Waals surface area (Å²) in [5, 5.41) is 22.4. The molecule has 0 saturated carbocycles. The molecule has 5 aliphatic rings. The molecule has 138 heavy (non-hydrogen) atoms. The lowest BCUT2D eigenvalue weighted by atomic mass is 9.93. The zero-order valence-corrected chi connectivity index (χ0v) is 80.7. The number of para-hydroxylation sites is 5. The maximum atomic E-state index is 14.2. The van der Waals surface area contributed by atoms with Crippen molar-refractivity contribution in [3.63, 3.8) is 0 Å². The minimum Gasteiger partial charge on any atom is -0.488 e. The molecule has 26 nitrogen and oxygen atoms in total. The van der Waals surface area contributed by atoms with Crippen LogP contribution in [0.2, 0.25) is 15.7 Å². The SMILES string of the molecule is Brc1cccc2c1OCCN2.C#CC(C)(C)C(F)(F)F.CC(C)(C#Cc1cccc2c1OCCN2c1nc2nncn2c2ccc(F)cc12)C(F)(F)F.Fc1ccc2c(c1)c(N1CCOc3c(Br)cccc31)nc1nncn12.Fc1ccc2nc(Cl)nc(Cl)c2c1.Fc1ccc2nc(Cl)nc(N3CCOc4c(Br)cccc43)c2c1.NNc1nc(N2CCOc3c(Br)cccc32)c2cc(F)ccc2n1. The van der Waals surface area contributed by atoms with E-state index in [1.807, 2.05) is 92.4 Å². The molecule has 0 atom stereocenters. The van der Waals surface area contributed by atoms with Crippen LogP contribution in [0.25, 0.3) is 66.1 Å². The van der Waals surface area contributed by atoms with Crippen LogP contribution < -0.4 is 59.9 Å². The predicted octanol–water partition coefficient (Wildman–Crippen LogP) is 24.2. The zero-order valence-electron chi connectivity index (χ0n) is 72.1. The van der Waals surface area contributed by atoms with Gasteiger partial charge in [0.1, 0.15) is 114 Å². The molecule has 0 spiro atoms. The smallest absolute Gasteiger partial charge is 0.404 e. The van der Waals surface area contributed by atoms with Crippen molar-refractivity contribution in [1.82, 2.24) is 69.1 Å². The number of halogens is 18. The van der Waals surface area contributed by atoms with E-state index in [-0.39, 0.29) is 51.5 Å². The number of hydrogen-bond donors (Lipinski definition) is 3. The van der Waals surface area contributed by atoms with Gasteiger partial charge in [-0.2, -0.15) is 46.3 Å². The summed E-state index contributed by atoms with van der Waals surface area (Å²) >= 11 is 31.3. The van der Waals surface area contributed by atoms with Gasteiger partial charge in [-0.25, -0.2) is 47.7 Å². The molecule has 5 aliphatic heterocycles. The molecule has 0 unspecified atom stereocenters. The average molecular weight is 2210 g/mol. The van der Waals surface area contributed by atoms with Gasteiger partial charge in [0.15, 0.2) is 28.7 Å². The van der Waals surface area contributed by atoms with E-state index in [4.69, 9.17) is 64.3 Å². The van der Waals surface area contributed by atoms with Gasteiger partial charge in [0, 0.05) is 33.5 Å². The Morgan fingerprint density at radius 2 is 0.783 bits per heavy atom. The van der Waals surface area contributed by atoms with Gasteiger partial charge in [0.05, 0.1) is 106 Å². The largest absolute Gasteiger partial charge is 0.488 e. The third-order valence-electron chi connectivity index (χ3n) is 21.5. The Labute approximate surface area is 825 Å². The van der Waals surface area contributed by atoms with Gasteiger partial charge in [-0.1, -0.05) is 59.7 Å². The summed E-state index contributed by atoms with van der Waals surface area (Å²) in [5.74, 6) is 17.1. The predicted molar refractivity (Wildman–Crippen MR) is 520 cm³/mol. The van der Waals surface area contributed by atoms with E-state index in [0.717, 1.165) is 110 Å². The third-order valence-corrected chi connectivity index (χ3v) is 24.7. The molecule has 12 heterocycles. The minimum absolute atomic E-state index is 0.0594. The Bertz CT molecular complexity index is 7660. The van der Waals surface area contributed by atoms with Crippen molar-refractivity contribution in [2.24, 2.45) is 16.7 Å². The van der Waals surface area contributed by atoms with E-state index < -0.39 is 29.0 Å². The number of hydrazine groups is 1. The Morgan fingerprint density at radius 3 is 1.22 bits per heavy atom. The number of nitrogen functional groups attached to an aromatic ring is 1. The topological polar surface area (TPSA) is 273 Å². The molecular weight excluding hydrogens is 2140 g/mol. The van der Waals surface area contributed by atoms with Crippen LogP contribution in [-0.2, 0) is 0 Å². The van der Waals surface area contributed by atoms with Crippen molar-refractivity contribution >= 4 is 222 Å². The summed E-state index contributed by atoms with van der Waals surface area (Å²) in [4.78, 5) is 41.8. The summed E-state index contributed by atoms with van der Waals surface area (Å²) in [6.45, 7) is 9.51. The summed E-state index contributed by atoms with van der Waals surface area (Å²) in [5.41, 5.74) is 6.05. The van der Waals surface area contributed by atoms with Crippen molar-refractivity contribution < 1.29 is 72.0 Å². The van der Waals surface area contributed by atoms with Crippen LogP contribution in [0.1, 0.15) is 33.3 Å². The van der Waals surface area contributed by atoms with Crippen LogP contribution in [-0.4, -0.2) is 147 Å². The summed E-state index contributed by atoms with van der Waals surface area (Å²) in [7, 11) is 0. The number of terminal acetylenes is 1. The standard InChI is InChI=1S/C23H17F4N5O.C17H11BrFN5O.C16H10BrClFN3O.C16H13BrFN5O.C8H8BrNO.C8H3Cl2FN2.C6H7F3/c1-22(2,23(25,26)27)9-8-14-4-3-5-18-19(14)33-11-10-31(18)20-16-12-15(24)6-7-17(16)32-13-28-30-21(32)29-20;18-12-2-1-3-14-15(12)25-7-6-23(14)16-11-8-10(19)4-5-13(11)24-9-20-22-17(24)21-16;17-11-2-1-3-13-14(11)23-7-6-22(13)15-10-8-9(19)4-5-12(10)20-16(18)21-15;17-11-2-1-3-13-14(11)24-7-6-23(13)15-10-8-9(18)4-5-12(10)20-16(21-15)22-19;9-6-2-1-3-7-8(6)11-5-4-10-7;9-7-5-3-4(11)1-2-6(5)12-8(10)13-7;1-4-5(2,3)6(7,8)9/h3-7,12-13H,10-11H2,1-2H3;1-5,8-9H,6-7H2;1-5,8H,6-7H2;1-5,8H,6-7,19H2,(H,20,21,22);1-3,10H,4-5H2;1-3H;1H,2-3H3. The molecule has 0 radical (unpaired) electrons. The molecule has 17 aromatic rings. The highest BCUT2D eigenvalue weighted by Gasteiger charge is 2.47. The first-order valence-electron chi connectivity index (χ1n) is 41.4. The summed E-state index contributed by atoms with van der Waals surface area (Å²) in [6, 6.07) is 50.2. The molecule has 4 N–H and O–H groups in total. The van der Waals surface area contributed by atoms with E-state index >= 15 is 0 Å². The minimum atomic E-state index is -4.47. The van der Waals surface area contributed by atoms with Crippen LogP contribution >= 0.6 is 98.5 Å². The highest BCUT2D eigenvalue weighted by atomic mass is 79.9. The molecule has 706 valence electrons. The van der Waals surface area contributed by atoms with Gasteiger partial charge < -0.3 is 48.6 Å². The molecule has 0 saturated heterocycles. The molecule has 0 amide bonds. The molecule has 0 fully saturated rings. The molecular formula is C94H69Br4Cl3F11N21O5. The van der Waals surface area contributed by atoms with Gasteiger partial charge >= 0.3 is 12.4 Å². The van der Waals surface area contributed by atoms with Crippen molar-refractivity contribution in [2.45, 2.75) is 40.0 Å². The first-order chi connectivity index (χ1) is 66.0. The lowest BCUT2D eigenvalue weighted by Gasteiger charge is -2.31. The molecule has 7 aromatic heterocycles. The van der Waals surface area contributed by atoms with Crippen molar-refractivity contribution in [1.29, 1.82) is 0 Å². The van der Waals surface area contributed by atoms with Crippen molar-refractivity contribution in [2.75, 3.05) is 96.1 Å². The van der Waals surface area contributed by atoms with Crippen molar-refractivity contribution in [3.8, 4) is 52.9 Å². The van der Waals surface area contributed by atoms with E-state index in [1.54, 1.807) is 63.5 Å². The summed E-state index contributed by atoms with van der Waals surface area (Å²) < 4.78 is 179. The number of hydrogen-bond acceptors (Lipinski definition) is 24. The molecule has 22 rings (SSSR count). The van der Waals surface area contributed by atoms with Crippen molar-refractivity contribution in [3.05, 3.63) is 263 Å². The first-order valence-corrected chi connectivity index (χ1v) is 45.7. The fraction of sp³-hybridized carbons (Fsp3) is 0.191. The van der Waals surface area contributed by atoms with Gasteiger partial charge in [0.2, 0.25) is 16.5 Å². The molecule has 44 heteroatoms. The van der Waals surface area contributed by atoms with E-state index in [9.17, 15) is 48.3 Å². The number of nitrogens with zero attached hydrogens (tertiary/aromatic N) is 18. The Hall–Kier alpha value is -13.3. The number of nitrogens with two attached hydrogens (primary N) is 1. The molecule has 10 aromatic carbocycles.